The summed E-state index contributed by atoms with van der Waals surface area (Å²) in [6.07, 6.45) is 8.46. The normalized spacial score (nSPS) is 13.7. The molecule has 0 fully saturated rings. The standard InChI is InChI=1S/C34H46F2N4O2/c1-9-12-13-22(4)30(41)21-38-34(42)29-17-15-27(19-26(29)11-3)39-33(40(8)18-10-2)25(7)37-20-24(6)28-16-14-23(5)31(35)32(28)36/h10,14-20,22,33,39H,9,11-13,21H2,1-8H3,(H,38,42)/b18-10-,24-20+,37-25?. The molecule has 6 nitrogen and oxygen atoms in total. The fourth-order valence-corrected chi connectivity index (χ4v) is 4.58. The SMILES string of the molecule is C/C=C\N(C)C(Nc1ccc(C(=O)NCC(=O)C(C)CCCC)c(CC)c1)C(C)=N/C=C(\C)c1ccc(C)c(F)c1F. The van der Waals surface area contributed by atoms with E-state index in [1.54, 1.807) is 25.1 Å². The molecule has 42 heavy (non-hydrogen) atoms. The third-order valence-electron chi connectivity index (χ3n) is 7.35. The van der Waals surface area contributed by atoms with Crippen LogP contribution < -0.4 is 10.6 Å². The van der Waals surface area contributed by atoms with E-state index < -0.39 is 11.6 Å². The summed E-state index contributed by atoms with van der Waals surface area (Å²) in [5.74, 6) is -2.05. The fraction of sp³-hybridized carbons (Fsp3) is 0.441. The molecule has 0 saturated carbocycles. The number of benzene rings is 2. The highest BCUT2D eigenvalue weighted by Gasteiger charge is 2.19. The largest absolute Gasteiger partial charge is 0.360 e. The first-order valence-corrected chi connectivity index (χ1v) is 14.7. The van der Waals surface area contributed by atoms with E-state index in [2.05, 4.69) is 22.5 Å². The van der Waals surface area contributed by atoms with Gasteiger partial charge in [-0.2, -0.15) is 0 Å². The van der Waals surface area contributed by atoms with Crippen LogP contribution in [0.3, 0.4) is 0 Å². The summed E-state index contributed by atoms with van der Waals surface area (Å²) in [5, 5.41) is 6.27. The maximum atomic E-state index is 14.5. The summed E-state index contributed by atoms with van der Waals surface area (Å²) in [4.78, 5) is 31.9. The molecule has 8 heteroatoms. The lowest BCUT2D eigenvalue weighted by atomic mass is 9.99. The van der Waals surface area contributed by atoms with Crippen molar-refractivity contribution in [1.82, 2.24) is 10.2 Å². The van der Waals surface area contributed by atoms with E-state index in [1.807, 2.05) is 64.1 Å². The van der Waals surface area contributed by atoms with Crippen molar-refractivity contribution in [2.75, 3.05) is 18.9 Å². The molecule has 0 radical (unpaired) electrons. The van der Waals surface area contributed by atoms with Gasteiger partial charge in [0, 0.05) is 36.0 Å². The average Bonchev–Trinajstić information content (AvgIpc) is 2.98. The Labute approximate surface area is 250 Å². The molecule has 2 aromatic rings. The second-order valence-electron chi connectivity index (χ2n) is 10.8. The van der Waals surface area contributed by atoms with Crippen LogP contribution >= 0.6 is 0 Å². The molecule has 0 spiro atoms. The number of carbonyl (C=O) groups excluding carboxylic acids is 2. The van der Waals surface area contributed by atoms with Gasteiger partial charge in [-0.05, 0) is 81.6 Å². The predicted octanol–water partition coefficient (Wildman–Crippen LogP) is 7.69. The van der Waals surface area contributed by atoms with Crippen LogP contribution in [0.4, 0.5) is 14.5 Å². The minimum Gasteiger partial charge on any atom is -0.360 e. The van der Waals surface area contributed by atoms with Crippen molar-refractivity contribution in [3.63, 3.8) is 0 Å². The molecule has 0 aromatic heterocycles. The highest BCUT2D eigenvalue weighted by atomic mass is 19.2. The van der Waals surface area contributed by atoms with E-state index in [9.17, 15) is 18.4 Å². The van der Waals surface area contributed by atoms with Crippen LogP contribution in [0.2, 0.25) is 0 Å². The summed E-state index contributed by atoms with van der Waals surface area (Å²) in [6.45, 7) is 13.0. The zero-order chi connectivity index (χ0) is 31.4. The van der Waals surface area contributed by atoms with E-state index in [0.29, 0.717) is 23.3 Å². The minimum absolute atomic E-state index is 0.0187. The molecule has 0 bridgehead atoms. The highest BCUT2D eigenvalue weighted by molar-refractivity contribution is 5.98. The first kappa shape index (κ1) is 34.4. The fourth-order valence-electron chi connectivity index (χ4n) is 4.58. The number of nitrogens with one attached hydrogen (secondary N) is 2. The molecule has 2 rings (SSSR count). The van der Waals surface area contributed by atoms with E-state index in [0.717, 1.165) is 30.5 Å². The minimum atomic E-state index is -0.885. The number of hydrogen-bond donors (Lipinski definition) is 2. The molecule has 0 saturated heterocycles. The number of carbonyl (C=O) groups is 2. The zero-order valence-corrected chi connectivity index (χ0v) is 26.3. The quantitative estimate of drug-likeness (QED) is 0.167. The molecule has 228 valence electrons. The Bertz CT molecular complexity index is 1330. The van der Waals surface area contributed by atoms with Crippen molar-refractivity contribution in [3.8, 4) is 0 Å². The number of halogens is 2. The molecule has 2 aromatic carbocycles. The van der Waals surface area contributed by atoms with Gasteiger partial charge in [-0.1, -0.05) is 51.8 Å². The summed E-state index contributed by atoms with van der Waals surface area (Å²) >= 11 is 0. The lowest BCUT2D eigenvalue weighted by Crippen LogP contribution is -2.40. The van der Waals surface area contributed by atoms with Crippen molar-refractivity contribution >= 4 is 28.7 Å². The third kappa shape index (κ3) is 9.36. The number of unbranched alkanes of at least 4 members (excludes halogenated alkanes) is 1. The summed E-state index contributed by atoms with van der Waals surface area (Å²) in [7, 11) is 1.91. The number of aryl methyl sites for hydroxylation is 2. The number of hydrogen-bond acceptors (Lipinski definition) is 5. The van der Waals surface area contributed by atoms with Gasteiger partial charge in [-0.3, -0.25) is 14.6 Å². The number of nitrogens with zero attached hydrogens (tertiary/aromatic N) is 2. The van der Waals surface area contributed by atoms with Gasteiger partial charge in [0.05, 0.1) is 12.3 Å². The van der Waals surface area contributed by atoms with Crippen LogP contribution in [0, 0.1) is 24.5 Å². The summed E-state index contributed by atoms with van der Waals surface area (Å²) in [5.41, 5.74) is 3.78. The zero-order valence-electron chi connectivity index (χ0n) is 26.3. The van der Waals surface area contributed by atoms with E-state index in [1.165, 1.54) is 13.1 Å². The molecule has 1 amide bonds. The van der Waals surface area contributed by atoms with Crippen LogP contribution in [0.15, 0.2) is 53.8 Å². The number of Topliss-reactive ketones (excluding diaryl/α,β-unsaturated/α-hetero) is 1. The Kier molecular flexibility index (Phi) is 13.6. The molecular formula is C34H46F2N4O2. The van der Waals surface area contributed by atoms with Gasteiger partial charge in [0.15, 0.2) is 17.4 Å². The van der Waals surface area contributed by atoms with Gasteiger partial charge in [0.2, 0.25) is 0 Å². The first-order valence-electron chi connectivity index (χ1n) is 14.7. The maximum Gasteiger partial charge on any atom is 0.251 e. The van der Waals surface area contributed by atoms with Crippen LogP contribution in [0.1, 0.15) is 87.9 Å². The van der Waals surface area contributed by atoms with Crippen LogP contribution in [0.5, 0.6) is 0 Å². The number of allylic oxidation sites excluding steroid dienone is 2. The van der Waals surface area contributed by atoms with E-state index >= 15 is 0 Å². The Balaban J connectivity index is 2.27. The topological polar surface area (TPSA) is 73.8 Å². The van der Waals surface area contributed by atoms with Crippen molar-refractivity contribution < 1.29 is 18.4 Å². The number of ketones is 1. The molecule has 0 aliphatic rings. The Morgan fingerprint density at radius 3 is 2.40 bits per heavy atom. The van der Waals surface area contributed by atoms with Crippen LogP contribution in [0.25, 0.3) is 5.57 Å². The van der Waals surface area contributed by atoms with Gasteiger partial charge >= 0.3 is 0 Å². The Morgan fingerprint density at radius 2 is 1.76 bits per heavy atom. The van der Waals surface area contributed by atoms with Gasteiger partial charge in [-0.15, -0.1) is 0 Å². The van der Waals surface area contributed by atoms with Crippen LogP contribution in [-0.4, -0.2) is 42.1 Å². The lowest BCUT2D eigenvalue weighted by Gasteiger charge is -2.29. The highest BCUT2D eigenvalue weighted by Crippen LogP contribution is 2.23. The van der Waals surface area contributed by atoms with Gasteiger partial charge < -0.3 is 15.5 Å². The van der Waals surface area contributed by atoms with Crippen molar-refractivity contribution in [2.24, 2.45) is 10.9 Å². The summed E-state index contributed by atoms with van der Waals surface area (Å²) < 4.78 is 28.6. The van der Waals surface area contributed by atoms with Gasteiger partial charge in [-0.25, -0.2) is 8.78 Å². The predicted molar refractivity (Wildman–Crippen MR) is 170 cm³/mol. The third-order valence-corrected chi connectivity index (χ3v) is 7.35. The number of anilines is 1. The lowest BCUT2D eigenvalue weighted by molar-refractivity contribution is -0.121. The molecule has 2 N–H and O–H groups in total. The molecule has 0 aliphatic carbocycles. The number of amides is 1. The second-order valence-corrected chi connectivity index (χ2v) is 10.8. The monoisotopic (exact) mass is 580 g/mol. The number of rotatable bonds is 15. The maximum absolute atomic E-state index is 14.5. The first-order chi connectivity index (χ1) is 19.9. The smallest absolute Gasteiger partial charge is 0.251 e. The molecular weight excluding hydrogens is 534 g/mol. The molecule has 0 heterocycles. The van der Waals surface area contributed by atoms with Gasteiger partial charge in [0.1, 0.15) is 6.17 Å². The molecule has 2 unspecified atom stereocenters. The Morgan fingerprint density at radius 1 is 1.07 bits per heavy atom. The van der Waals surface area contributed by atoms with E-state index in [4.69, 9.17) is 0 Å². The molecule has 2 atom stereocenters. The van der Waals surface area contributed by atoms with E-state index in [-0.39, 0.29) is 41.4 Å². The van der Waals surface area contributed by atoms with Crippen molar-refractivity contribution in [3.05, 3.63) is 82.7 Å². The van der Waals surface area contributed by atoms with Gasteiger partial charge in [0.25, 0.3) is 5.91 Å². The van der Waals surface area contributed by atoms with Crippen molar-refractivity contribution in [1.29, 1.82) is 0 Å². The summed E-state index contributed by atoms with van der Waals surface area (Å²) in [6, 6.07) is 8.62. The average molecular weight is 581 g/mol. The second kappa shape index (κ2) is 16.6. The molecule has 0 aliphatic heterocycles. The Hall–Kier alpha value is -3.81. The van der Waals surface area contributed by atoms with Crippen LogP contribution in [-0.2, 0) is 11.2 Å². The number of aliphatic imine (C=N–C) groups is 1. The van der Waals surface area contributed by atoms with Crippen molar-refractivity contribution in [2.45, 2.75) is 80.3 Å².